The maximum atomic E-state index is 13.1. The minimum Gasteiger partial charge on any atom is -0.384 e. The molecule has 0 bridgehead atoms. The Kier molecular flexibility index (Phi) is 4.87. The zero-order chi connectivity index (χ0) is 13.7. The monoisotopic (exact) mass is 266 g/mol. The Labute approximate surface area is 112 Å². The molecular formula is C14H19FN2O2. The topological polar surface area (TPSA) is 68.3 Å². The highest BCUT2D eigenvalue weighted by atomic mass is 19.1. The molecule has 4 nitrogen and oxygen atoms in total. The van der Waals surface area contributed by atoms with E-state index in [9.17, 15) is 4.39 Å². The minimum atomic E-state index is -0.390. The lowest BCUT2D eigenvalue weighted by Crippen LogP contribution is -2.20. The lowest BCUT2D eigenvalue weighted by molar-refractivity contribution is 0.0157. The first-order valence-corrected chi connectivity index (χ1v) is 6.45. The second kappa shape index (κ2) is 6.63. The highest BCUT2D eigenvalue weighted by Gasteiger charge is 2.14. The van der Waals surface area contributed by atoms with Crippen molar-refractivity contribution in [2.24, 2.45) is 11.7 Å². The molecule has 2 rings (SSSR count). The number of rotatable bonds is 5. The van der Waals surface area contributed by atoms with Gasteiger partial charge in [0.25, 0.3) is 0 Å². The highest BCUT2D eigenvalue weighted by Crippen LogP contribution is 2.17. The Hall–Kier alpha value is -1.46. The number of nitrogens with two attached hydrogens (primary N) is 1. The number of benzene rings is 1. The van der Waals surface area contributed by atoms with Gasteiger partial charge in [-0.3, -0.25) is 5.41 Å². The molecule has 104 valence electrons. The van der Waals surface area contributed by atoms with E-state index in [0.29, 0.717) is 24.7 Å². The molecule has 1 fully saturated rings. The zero-order valence-electron chi connectivity index (χ0n) is 10.8. The first-order valence-electron chi connectivity index (χ1n) is 6.45. The van der Waals surface area contributed by atoms with E-state index >= 15 is 0 Å². The number of nitrogens with one attached hydrogen (secondary N) is 1. The van der Waals surface area contributed by atoms with Gasteiger partial charge in [-0.15, -0.1) is 0 Å². The summed E-state index contributed by atoms with van der Waals surface area (Å²) in [5, 5.41) is 7.44. The molecule has 1 aliphatic heterocycles. The van der Waals surface area contributed by atoms with Crippen molar-refractivity contribution >= 4 is 5.84 Å². The summed E-state index contributed by atoms with van der Waals surface area (Å²) in [6.07, 6.45) is 2.03. The summed E-state index contributed by atoms with van der Waals surface area (Å²) in [5.74, 6) is -0.00229. The van der Waals surface area contributed by atoms with Crippen molar-refractivity contribution in [3.63, 3.8) is 0 Å². The van der Waals surface area contributed by atoms with Crippen LogP contribution >= 0.6 is 0 Å². The number of ether oxygens (including phenoxy) is 2. The first-order chi connectivity index (χ1) is 9.16. The minimum absolute atomic E-state index is 0.135. The van der Waals surface area contributed by atoms with E-state index in [1.54, 1.807) is 6.07 Å². The van der Waals surface area contributed by atoms with Gasteiger partial charge < -0.3 is 15.2 Å². The van der Waals surface area contributed by atoms with Gasteiger partial charge in [0.2, 0.25) is 0 Å². The normalized spacial score (nSPS) is 16.5. The lowest BCUT2D eigenvalue weighted by Gasteiger charge is -2.22. The molecule has 1 aliphatic rings. The van der Waals surface area contributed by atoms with Crippen LogP contribution in [-0.2, 0) is 16.1 Å². The van der Waals surface area contributed by atoms with Crippen LogP contribution in [0.25, 0.3) is 0 Å². The molecule has 0 amide bonds. The fraction of sp³-hybridized carbons (Fsp3) is 0.500. The fourth-order valence-electron chi connectivity index (χ4n) is 2.17. The van der Waals surface area contributed by atoms with Crippen molar-refractivity contribution < 1.29 is 13.9 Å². The van der Waals surface area contributed by atoms with Crippen molar-refractivity contribution in [3.8, 4) is 0 Å². The number of nitrogen functional groups attached to an aromatic ring is 1. The molecule has 0 aliphatic carbocycles. The predicted molar refractivity (Wildman–Crippen MR) is 70.6 cm³/mol. The van der Waals surface area contributed by atoms with Gasteiger partial charge >= 0.3 is 0 Å². The van der Waals surface area contributed by atoms with E-state index in [-0.39, 0.29) is 5.84 Å². The van der Waals surface area contributed by atoms with Gasteiger partial charge in [-0.05, 0) is 36.5 Å². The molecule has 0 saturated carbocycles. The third-order valence-electron chi connectivity index (χ3n) is 3.31. The smallest absolute Gasteiger partial charge is 0.123 e. The molecule has 1 heterocycles. The molecule has 3 N–H and O–H groups in total. The van der Waals surface area contributed by atoms with E-state index in [4.69, 9.17) is 20.6 Å². The predicted octanol–water partition coefficient (Wildman–Crippen LogP) is 2.05. The molecule has 0 aromatic heterocycles. The van der Waals surface area contributed by atoms with Gasteiger partial charge in [0.1, 0.15) is 11.7 Å². The Balaban J connectivity index is 1.89. The van der Waals surface area contributed by atoms with Crippen LogP contribution in [0.15, 0.2) is 18.2 Å². The molecule has 0 spiro atoms. The Morgan fingerprint density at radius 1 is 1.42 bits per heavy atom. The van der Waals surface area contributed by atoms with Crippen molar-refractivity contribution in [3.05, 3.63) is 35.1 Å². The number of hydrogen-bond donors (Lipinski definition) is 2. The summed E-state index contributed by atoms with van der Waals surface area (Å²) >= 11 is 0. The Bertz CT molecular complexity index is 445. The summed E-state index contributed by atoms with van der Waals surface area (Å²) in [6.45, 7) is 2.61. The highest BCUT2D eigenvalue weighted by molar-refractivity contribution is 5.96. The standard InChI is InChI=1S/C14H19FN2O2/c15-12-2-1-11(13(7-12)14(16)17)9-19-8-10-3-5-18-6-4-10/h1-2,7,10H,3-6,8-9H2,(H3,16,17). The average Bonchev–Trinajstić information content (AvgIpc) is 2.41. The van der Waals surface area contributed by atoms with Crippen molar-refractivity contribution in [1.82, 2.24) is 0 Å². The third-order valence-corrected chi connectivity index (χ3v) is 3.31. The average molecular weight is 266 g/mol. The maximum Gasteiger partial charge on any atom is 0.123 e. The fourth-order valence-corrected chi connectivity index (χ4v) is 2.17. The van der Waals surface area contributed by atoms with E-state index in [2.05, 4.69) is 0 Å². The van der Waals surface area contributed by atoms with E-state index in [1.807, 2.05) is 0 Å². The molecular weight excluding hydrogens is 247 g/mol. The van der Waals surface area contributed by atoms with Gasteiger partial charge in [-0.1, -0.05) is 6.07 Å². The quantitative estimate of drug-likeness (QED) is 0.633. The molecule has 0 radical (unpaired) electrons. The summed E-state index contributed by atoms with van der Waals surface area (Å²) in [6, 6.07) is 4.26. The van der Waals surface area contributed by atoms with Crippen molar-refractivity contribution in [2.75, 3.05) is 19.8 Å². The second-order valence-corrected chi connectivity index (χ2v) is 4.79. The van der Waals surface area contributed by atoms with E-state index in [0.717, 1.165) is 31.6 Å². The maximum absolute atomic E-state index is 13.1. The Morgan fingerprint density at radius 3 is 2.84 bits per heavy atom. The molecule has 1 aromatic carbocycles. The molecule has 5 heteroatoms. The number of amidine groups is 1. The molecule has 0 atom stereocenters. The van der Waals surface area contributed by atoms with Gasteiger partial charge in [-0.2, -0.15) is 0 Å². The van der Waals surface area contributed by atoms with Gasteiger partial charge in [0, 0.05) is 18.8 Å². The summed E-state index contributed by atoms with van der Waals surface area (Å²) < 4.78 is 24.1. The van der Waals surface area contributed by atoms with Crippen LogP contribution in [0, 0.1) is 17.1 Å². The van der Waals surface area contributed by atoms with Crippen LogP contribution < -0.4 is 5.73 Å². The third kappa shape index (κ3) is 4.01. The van der Waals surface area contributed by atoms with Crippen LogP contribution in [0.1, 0.15) is 24.0 Å². The first kappa shape index (κ1) is 14.0. The lowest BCUT2D eigenvalue weighted by atomic mass is 10.0. The van der Waals surface area contributed by atoms with Crippen LogP contribution in [0.2, 0.25) is 0 Å². The van der Waals surface area contributed by atoms with E-state index < -0.39 is 5.82 Å². The SMILES string of the molecule is N=C(N)c1cc(F)ccc1COCC1CCOCC1. The molecule has 1 aromatic rings. The van der Waals surface area contributed by atoms with Crippen LogP contribution in [0.3, 0.4) is 0 Å². The number of hydrogen-bond acceptors (Lipinski definition) is 3. The molecule has 1 saturated heterocycles. The largest absolute Gasteiger partial charge is 0.384 e. The second-order valence-electron chi connectivity index (χ2n) is 4.79. The molecule has 0 unspecified atom stereocenters. The summed E-state index contributed by atoms with van der Waals surface area (Å²) in [5.41, 5.74) is 6.60. The Morgan fingerprint density at radius 2 is 2.16 bits per heavy atom. The van der Waals surface area contributed by atoms with E-state index in [1.165, 1.54) is 12.1 Å². The zero-order valence-corrected chi connectivity index (χ0v) is 10.8. The molecule has 19 heavy (non-hydrogen) atoms. The van der Waals surface area contributed by atoms with Crippen LogP contribution in [-0.4, -0.2) is 25.7 Å². The number of halogens is 1. The van der Waals surface area contributed by atoms with Crippen molar-refractivity contribution in [1.29, 1.82) is 5.41 Å². The van der Waals surface area contributed by atoms with Gasteiger partial charge in [0.15, 0.2) is 0 Å². The van der Waals surface area contributed by atoms with Gasteiger partial charge in [0.05, 0.1) is 13.2 Å². The van der Waals surface area contributed by atoms with Crippen LogP contribution in [0.4, 0.5) is 4.39 Å². The summed E-state index contributed by atoms with van der Waals surface area (Å²) in [7, 11) is 0. The van der Waals surface area contributed by atoms with Crippen molar-refractivity contribution in [2.45, 2.75) is 19.4 Å². The van der Waals surface area contributed by atoms with Crippen LogP contribution in [0.5, 0.6) is 0 Å². The summed E-state index contributed by atoms with van der Waals surface area (Å²) in [4.78, 5) is 0. The van der Waals surface area contributed by atoms with Gasteiger partial charge in [-0.25, -0.2) is 4.39 Å².